The van der Waals surface area contributed by atoms with E-state index in [0.717, 1.165) is 39.3 Å². The predicted molar refractivity (Wildman–Crippen MR) is 101 cm³/mol. The molecular weight excluding hydrogens is 364 g/mol. The van der Waals surface area contributed by atoms with Gasteiger partial charge in [0.1, 0.15) is 11.5 Å². The molecule has 0 radical (unpaired) electrons. The highest BCUT2D eigenvalue weighted by Gasteiger charge is 2.46. The molecule has 120 valence electrons. The molecule has 0 aromatic heterocycles. The minimum Gasteiger partial charge on any atom is -0.475 e. The maximum absolute atomic E-state index is 6.56. The van der Waals surface area contributed by atoms with Crippen LogP contribution in [0.1, 0.15) is 17.5 Å². The van der Waals surface area contributed by atoms with E-state index in [0.29, 0.717) is 13.0 Å². The second-order valence-corrected chi connectivity index (χ2v) is 6.80. The van der Waals surface area contributed by atoms with Crippen LogP contribution in [0.2, 0.25) is 0 Å². The summed E-state index contributed by atoms with van der Waals surface area (Å²) in [5, 5.41) is 0. The van der Waals surface area contributed by atoms with Crippen LogP contribution in [0.25, 0.3) is 0 Å². The molecule has 2 aliphatic rings. The first kappa shape index (κ1) is 15.3. The third kappa shape index (κ3) is 2.33. The van der Waals surface area contributed by atoms with E-state index in [4.69, 9.17) is 14.7 Å². The molecule has 0 fully saturated rings. The van der Waals surface area contributed by atoms with Gasteiger partial charge in [-0.25, -0.2) is 0 Å². The van der Waals surface area contributed by atoms with Crippen molar-refractivity contribution < 1.29 is 4.74 Å². The smallest absolute Gasteiger partial charge is 0.181 e. The molecule has 0 unspecified atom stereocenters. The second kappa shape index (κ2) is 6.02. The van der Waals surface area contributed by atoms with Crippen LogP contribution < -0.4 is 4.74 Å². The van der Waals surface area contributed by atoms with Gasteiger partial charge in [-0.15, -0.1) is 6.58 Å². The van der Waals surface area contributed by atoms with Crippen LogP contribution in [-0.4, -0.2) is 24.5 Å². The number of ether oxygens (including phenoxy) is 1. The summed E-state index contributed by atoms with van der Waals surface area (Å²) >= 11 is 3.51. The summed E-state index contributed by atoms with van der Waals surface area (Å²) in [6.07, 6.45) is 2.53. The molecule has 2 aliphatic heterocycles. The Morgan fingerprint density at radius 2 is 1.83 bits per heavy atom. The molecule has 0 saturated carbocycles. The maximum Gasteiger partial charge on any atom is 0.181 e. The van der Waals surface area contributed by atoms with E-state index in [9.17, 15) is 0 Å². The van der Waals surface area contributed by atoms with Crippen molar-refractivity contribution in [2.75, 3.05) is 13.1 Å². The van der Waals surface area contributed by atoms with Gasteiger partial charge in [-0.2, -0.15) is 0 Å². The summed E-state index contributed by atoms with van der Waals surface area (Å²) in [7, 11) is 0. The quantitative estimate of drug-likeness (QED) is 0.718. The average molecular weight is 381 g/mol. The van der Waals surface area contributed by atoms with E-state index in [-0.39, 0.29) is 0 Å². The van der Waals surface area contributed by atoms with Gasteiger partial charge in [-0.3, -0.25) is 9.98 Å². The van der Waals surface area contributed by atoms with Gasteiger partial charge in [0.15, 0.2) is 5.60 Å². The fourth-order valence-electron chi connectivity index (χ4n) is 3.37. The molecular formula is C20H17BrN2O. The molecule has 0 spiro atoms. The average Bonchev–Trinajstić information content (AvgIpc) is 2.63. The standard InChI is InChI=1S/C20H17BrN2O/c1-2-11-20(14-7-9-15(21)10-8-14)19-18(22-12-13-23-19)16-5-3-4-6-17(16)24-20/h2-10H,1,11-13H2/t20-/m0/s1. The van der Waals surface area contributed by atoms with Crippen molar-refractivity contribution in [1.82, 2.24) is 0 Å². The number of hydrogen-bond acceptors (Lipinski definition) is 3. The van der Waals surface area contributed by atoms with Crippen LogP contribution in [0, 0.1) is 0 Å². The molecule has 0 amide bonds. The molecule has 1 atom stereocenters. The Hall–Kier alpha value is -2.20. The summed E-state index contributed by atoms with van der Waals surface area (Å²) in [5.74, 6) is 0.849. The Kier molecular flexibility index (Phi) is 3.85. The molecule has 2 aromatic rings. The van der Waals surface area contributed by atoms with Gasteiger partial charge in [0.2, 0.25) is 0 Å². The van der Waals surface area contributed by atoms with Gasteiger partial charge >= 0.3 is 0 Å². The first-order chi connectivity index (χ1) is 11.7. The highest BCUT2D eigenvalue weighted by atomic mass is 79.9. The van der Waals surface area contributed by atoms with Crippen molar-refractivity contribution in [2.45, 2.75) is 12.0 Å². The fraction of sp³-hybridized carbons (Fsp3) is 0.200. The monoisotopic (exact) mass is 380 g/mol. The lowest BCUT2D eigenvalue weighted by atomic mass is 9.79. The van der Waals surface area contributed by atoms with Crippen molar-refractivity contribution in [2.24, 2.45) is 9.98 Å². The normalized spacial score (nSPS) is 21.7. The SMILES string of the molecule is C=CC[C@@]1(c2ccc(Br)cc2)Oc2ccccc2C2=NCCN=C21. The lowest BCUT2D eigenvalue weighted by molar-refractivity contribution is 0.142. The number of aliphatic imine (C=N–C) groups is 2. The number of para-hydroxylation sites is 1. The van der Waals surface area contributed by atoms with E-state index < -0.39 is 5.60 Å². The lowest BCUT2D eigenvalue weighted by Crippen LogP contribution is -2.50. The van der Waals surface area contributed by atoms with Crippen molar-refractivity contribution in [3.63, 3.8) is 0 Å². The predicted octanol–water partition coefficient (Wildman–Crippen LogP) is 4.56. The molecule has 3 nitrogen and oxygen atoms in total. The minimum atomic E-state index is -0.671. The van der Waals surface area contributed by atoms with Crippen LogP contribution in [0.3, 0.4) is 0 Å². The van der Waals surface area contributed by atoms with E-state index in [1.165, 1.54) is 0 Å². The maximum atomic E-state index is 6.56. The second-order valence-electron chi connectivity index (χ2n) is 5.89. The minimum absolute atomic E-state index is 0.640. The topological polar surface area (TPSA) is 34.0 Å². The molecule has 4 rings (SSSR count). The van der Waals surface area contributed by atoms with E-state index in [1.54, 1.807) is 0 Å². The highest BCUT2D eigenvalue weighted by Crippen LogP contribution is 2.41. The molecule has 2 heterocycles. The Balaban J connectivity index is 1.96. The number of rotatable bonds is 3. The van der Waals surface area contributed by atoms with Crippen LogP contribution in [0.15, 0.2) is 75.6 Å². The first-order valence-corrected chi connectivity index (χ1v) is 8.79. The summed E-state index contributed by atoms with van der Waals surface area (Å²) in [6.45, 7) is 5.37. The van der Waals surface area contributed by atoms with E-state index in [1.807, 2.05) is 36.4 Å². The molecule has 2 aromatic carbocycles. The van der Waals surface area contributed by atoms with Crippen LogP contribution in [0.4, 0.5) is 0 Å². The zero-order chi connectivity index (χ0) is 16.6. The van der Waals surface area contributed by atoms with Crippen LogP contribution in [-0.2, 0) is 5.60 Å². The molecule has 0 saturated heterocycles. The number of nitrogens with zero attached hydrogens (tertiary/aromatic N) is 2. The number of hydrogen-bond donors (Lipinski definition) is 0. The van der Waals surface area contributed by atoms with E-state index in [2.05, 4.69) is 40.7 Å². The molecule has 0 N–H and O–H groups in total. The largest absolute Gasteiger partial charge is 0.475 e. The lowest BCUT2D eigenvalue weighted by Gasteiger charge is -2.41. The molecule has 24 heavy (non-hydrogen) atoms. The number of fused-ring (bicyclic) bond motifs is 3. The Labute approximate surface area is 149 Å². The summed E-state index contributed by atoms with van der Waals surface area (Å²) in [5.41, 5.74) is 3.28. The Morgan fingerprint density at radius 3 is 2.62 bits per heavy atom. The Morgan fingerprint density at radius 1 is 1.08 bits per heavy atom. The van der Waals surface area contributed by atoms with Gasteiger partial charge in [0.25, 0.3) is 0 Å². The third-order valence-corrected chi connectivity index (χ3v) is 4.94. The number of halogens is 1. The van der Waals surface area contributed by atoms with Crippen molar-refractivity contribution in [3.8, 4) is 5.75 Å². The zero-order valence-electron chi connectivity index (χ0n) is 13.2. The Bertz CT molecular complexity index is 854. The van der Waals surface area contributed by atoms with Crippen LogP contribution >= 0.6 is 15.9 Å². The number of benzene rings is 2. The van der Waals surface area contributed by atoms with Gasteiger partial charge in [0.05, 0.1) is 18.8 Å². The zero-order valence-corrected chi connectivity index (χ0v) is 14.8. The summed E-state index contributed by atoms with van der Waals surface area (Å²) in [6, 6.07) is 16.3. The third-order valence-electron chi connectivity index (χ3n) is 4.42. The summed E-state index contributed by atoms with van der Waals surface area (Å²) < 4.78 is 7.59. The first-order valence-electron chi connectivity index (χ1n) is 8.00. The fourth-order valence-corrected chi connectivity index (χ4v) is 3.63. The highest BCUT2D eigenvalue weighted by molar-refractivity contribution is 9.10. The van der Waals surface area contributed by atoms with Gasteiger partial charge < -0.3 is 4.74 Å². The van der Waals surface area contributed by atoms with Crippen molar-refractivity contribution in [3.05, 3.63) is 76.8 Å². The molecule has 0 aliphatic carbocycles. The molecule has 0 bridgehead atoms. The molecule has 4 heteroatoms. The van der Waals surface area contributed by atoms with Gasteiger partial charge in [-0.05, 0) is 24.3 Å². The van der Waals surface area contributed by atoms with Crippen molar-refractivity contribution >= 4 is 27.4 Å². The van der Waals surface area contributed by atoms with Gasteiger partial charge in [-0.1, -0.05) is 46.3 Å². The van der Waals surface area contributed by atoms with Gasteiger partial charge in [0, 0.05) is 22.0 Å². The van der Waals surface area contributed by atoms with Crippen LogP contribution in [0.5, 0.6) is 5.75 Å². The summed E-state index contributed by atoms with van der Waals surface area (Å²) in [4.78, 5) is 9.60. The van der Waals surface area contributed by atoms with E-state index >= 15 is 0 Å². The van der Waals surface area contributed by atoms with Crippen molar-refractivity contribution in [1.29, 1.82) is 0 Å².